The zero-order chi connectivity index (χ0) is 11.7. The van der Waals surface area contributed by atoms with Crippen molar-refractivity contribution < 1.29 is 0 Å². The van der Waals surface area contributed by atoms with Crippen LogP contribution in [-0.2, 0) is 6.42 Å². The zero-order valence-electron chi connectivity index (χ0n) is 9.77. The smallest absolute Gasteiger partial charge is 0.0409 e. The molecule has 1 aromatic carbocycles. The van der Waals surface area contributed by atoms with Gasteiger partial charge in [-0.05, 0) is 59.4 Å². The average molecular weight is 278 g/mol. The van der Waals surface area contributed by atoms with Crippen LogP contribution in [0.15, 0.2) is 42.7 Å². The van der Waals surface area contributed by atoms with Gasteiger partial charge in [0.25, 0.3) is 0 Å². The third-order valence-electron chi connectivity index (χ3n) is 3.10. The summed E-state index contributed by atoms with van der Waals surface area (Å²) in [5.41, 5.74) is 5.22. The molecule has 0 amide bonds. The lowest BCUT2D eigenvalue weighted by molar-refractivity contribution is 1.08. The van der Waals surface area contributed by atoms with E-state index >= 15 is 0 Å². The van der Waals surface area contributed by atoms with Gasteiger partial charge in [-0.3, -0.25) is 4.98 Å². The number of fused-ring (bicyclic) bond motifs is 1. The number of nitrogens with zero attached hydrogens (tertiary/aromatic N) is 1. The van der Waals surface area contributed by atoms with Crippen LogP contribution < -0.4 is 0 Å². The molecule has 1 nitrogen and oxygen atoms in total. The number of aromatic nitrogens is 1. The molecule has 0 unspecified atom stereocenters. The number of rotatable bonds is 1. The van der Waals surface area contributed by atoms with Gasteiger partial charge in [-0.15, -0.1) is 12.4 Å². The summed E-state index contributed by atoms with van der Waals surface area (Å²) in [6.07, 6.45) is 8.07. The van der Waals surface area contributed by atoms with Crippen molar-refractivity contribution in [2.75, 3.05) is 0 Å². The summed E-state index contributed by atoms with van der Waals surface area (Å²) >= 11 is 6.00. The van der Waals surface area contributed by atoms with Gasteiger partial charge < -0.3 is 0 Å². The Labute approximate surface area is 118 Å². The highest BCUT2D eigenvalue weighted by atomic mass is 35.5. The summed E-state index contributed by atoms with van der Waals surface area (Å²) in [6.45, 7) is 0. The molecule has 18 heavy (non-hydrogen) atoms. The highest BCUT2D eigenvalue weighted by molar-refractivity contribution is 6.30. The molecule has 0 bridgehead atoms. The molecule has 2 aromatic rings. The molecule has 3 heteroatoms. The molecule has 1 heterocycles. The number of pyridine rings is 1. The van der Waals surface area contributed by atoms with E-state index in [1.54, 1.807) is 6.20 Å². The maximum absolute atomic E-state index is 6.00. The van der Waals surface area contributed by atoms with Crippen molar-refractivity contribution in [3.05, 3.63) is 64.4 Å². The first-order valence-corrected chi connectivity index (χ1v) is 6.10. The second-order valence-corrected chi connectivity index (χ2v) is 4.69. The van der Waals surface area contributed by atoms with E-state index in [0.29, 0.717) is 0 Å². The molecule has 0 N–H and O–H groups in total. The summed E-state index contributed by atoms with van der Waals surface area (Å²) in [4.78, 5) is 4.13. The van der Waals surface area contributed by atoms with Crippen molar-refractivity contribution in [1.29, 1.82) is 0 Å². The van der Waals surface area contributed by atoms with E-state index in [0.717, 1.165) is 23.4 Å². The Kier molecular flexibility index (Phi) is 4.05. The van der Waals surface area contributed by atoms with Gasteiger partial charge in [-0.2, -0.15) is 0 Å². The fourth-order valence-corrected chi connectivity index (χ4v) is 2.49. The van der Waals surface area contributed by atoms with Gasteiger partial charge in [0, 0.05) is 17.4 Å². The van der Waals surface area contributed by atoms with E-state index in [-0.39, 0.29) is 12.4 Å². The van der Waals surface area contributed by atoms with Gasteiger partial charge in [-0.1, -0.05) is 23.7 Å². The Morgan fingerprint density at radius 1 is 1.17 bits per heavy atom. The summed E-state index contributed by atoms with van der Waals surface area (Å²) in [5, 5.41) is 0.825. The normalized spacial score (nSPS) is 15.3. The van der Waals surface area contributed by atoms with E-state index in [9.17, 15) is 0 Å². The molecule has 0 atom stereocenters. The van der Waals surface area contributed by atoms with Crippen LogP contribution in [0.2, 0.25) is 5.02 Å². The highest BCUT2D eigenvalue weighted by Gasteiger charge is 2.15. The van der Waals surface area contributed by atoms with Crippen LogP contribution in [0.3, 0.4) is 0 Å². The van der Waals surface area contributed by atoms with Crippen LogP contribution in [-0.4, -0.2) is 4.98 Å². The largest absolute Gasteiger partial charge is 0.264 e. The molecular formula is C15H13Cl2N. The Bertz CT molecular complexity index is 576. The van der Waals surface area contributed by atoms with E-state index in [1.165, 1.54) is 16.7 Å². The second-order valence-electron chi connectivity index (χ2n) is 4.26. The first kappa shape index (κ1) is 13.1. The minimum absolute atomic E-state index is 0. The van der Waals surface area contributed by atoms with Crippen LogP contribution in [0.25, 0.3) is 11.6 Å². The Hall–Kier alpha value is -1.31. The van der Waals surface area contributed by atoms with E-state index in [1.807, 2.05) is 18.3 Å². The van der Waals surface area contributed by atoms with Gasteiger partial charge in [0.05, 0.1) is 0 Å². The van der Waals surface area contributed by atoms with Crippen LogP contribution in [0, 0.1) is 0 Å². The first-order valence-electron chi connectivity index (χ1n) is 5.72. The van der Waals surface area contributed by atoms with E-state index < -0.39 is 0 Å². The van der Waals surface area contributed by atoms with E-state index in [4.69, 9.17) is 11.6 Å². The van der Waals surface area contributed by atoms with Crippen molar-refractivity contribution in [3.63, 3.8) is 0 Å². The summed E-state index contributed by atoms with van der Waals surface area (Å²) < 4.78 is 0. The Morgan fingerprint density at radius 3 is 2.83 bits per heavy atom. The molecule has 0 radical (unpaired) electrons. The van der Waals surface area contributed by atoms with Gasteiger partial charge >= 0.3 is 0 Å². The number of aryl methyl sites for hydroxylation is 1. The highest BCUT2D eigenvalue weighted by Crippen LogP contribution is 2.34. The fourth-order valence-electron chi connectivity index (χ4n) is 2.30. The second kappa shape index (κ2) is 5.55. The minimum Gasteiger partial charge on any atom is -0.264 e. The van der Waals surface area contributed by atoms with Crippen LogP contribution in [0.4, 0.5) is 0 Å². The zero-order valence-corrected chi connectivity index (χ0v) is 11.3. The van der Waals surface area contributed by atoms with Crippen molar-refractivity contribution >= 4 is 35.7 Å². The predicted molar refractivity (Wildman–Crippen MR) is 79.1 cm³/mol. The fraction of sp³-hybridized carbons (Fsp3) is 0.133. The standard InChI is InChI=1S/C15H12ClN.ClH/c16-14-5-6-15-12(3-4-13(15)9-14)8-11-2-1-7-17-10-11;/h1-2,5-10H,3-4H2;1H/b12-8-;. The van der Waals surface area contributed by atoms with Crippen molar-refractivity contribution in [2.24, 2.45) is 0 Å². The van der Waals surface area contributed by atoms with Gasteiger partial charge in [0.15, 0.2) is 0 Å². The van der Waals surface area contributed by atoms with Crippen molar-refractivity contribution in [1.82, 2.24) is 4.98 Å². The van der Waals surface area contributed by atoms with Crippen molar-refractivity contribution in [2.45, 2.75) is 12.8 Å². The molecule has 0 fully saturated rings. The molecule has 1 aromatic heterocycles. The van der Waals surface area contributed by atoms with E-state index in [2.05, 4.69) is 29.3 Å². The van der Waals surface area contributed by atoms with Crippen molar-refractivity contribution in [3.8, 4) is 0 Å². The lowest BCUT2D eigenvalue weighted by Crippen LogP contribution is -1.81. The quantitative estimate of drug-likeness (QED) is 0.740. The molecule has 0 saturated carbocycles. The third-order valence-corrected chi connectivity index (χ3v) is 3.34. The van der Waals surface area contributed by atoms with Gasteiger partial charge in [0.2, 0.25) is 0 Å². The Balaban J connectivity index is 0.00000120. The lowest BCUT2D eigenvalue weighted by Gasteiger charge is -2.01. The number of benzene rings is 1. The van der Waals surface area contributed by atoms with Gasteiger partial charge in [0.1, 0.15) is 0 Å². The molecule has 1 aliphatic carbocycles. The lowest BCUT2D eigenvalue weighted by atomic mass is 10.1. The Morgan fingerprint density at radius 2 is 2.06 bits per heavy atom. The molecule has 3 rings (SSSR count). The number of hydrogen-bond donors (Lipinski definition) is 0. The topological polar surface area (TPSA) is 12.9 Å². The molecule has 92 valence electrons. The van der Waals surface area contributed by atoms with Crippen LogP contribution >= 0.6 is 24.0 Å². The summed E-state index contributed by atoms with van der Waals surface area (Å²) in [6, 6.07) is 10.2. The molecule has 0 saturated heterocycles. The van der Waals surface area contributed by atoms with Crippen LogP contribution in [0.5, 0.6) is 0 Å². The van der Waals surface area contributed by atoms with Crippen LogP contribution in [0.1, 0.15) is 23.1 Å². The monoisotopic (exact) mass is 277 g/mol. The number of hydrogen-bond acceptors (Lipinski definition) is 1. The average Bonchev–Trinajstić information content (AvgIpc) is 2.73. The first-order chi connectivity index (χ1) is 8.33. The predicted octanol–water partition coefficient (Wildman–Crippen LogP) is 4.64. The SMILES string of the molecule is Cl.Clc1ccc2c(c1)CC/C2=C/c1cccnc1. The maximum atomic E-state index is 6.00. The molecule has 0 aliphatic heterocycles. The summed E-state index contributed by atoms with van der Waals surface area (Å²) in [7, 11) is 0. The molecule has 1 aliphatic rings. The third kappa shape index (κ3) is 2.58. The van der Waals surface area contributed by atoms with Gasteiger partial charge in [-0.25, -0.2) is 0 Å². The minimum atomic E-state index is 0. The summed E-state index contributed by atoms with van der Waals surface area (Å²) in [5.74, 6) is 0. The molecule has 0 spiro atoms. The number of allylic oxidation sites excluding steroid dienone is 1. The maximum Gasteiger partial charge on any atom is 0.0409 e. The number of halogens is 2. The molecular weight excluding hydrogens is 265 g/mol.